The molecule has 4 heteroatoms. The van der Waals surface area contributed by atoms with Gasteiger partial charge in [0, 0.05) is 23.5 Å². The van der Waals surface area contributed by atoms with E-state index in [1.165, 1.54) is 11.6 Å². The number of pyridine rings is 1. The second-order valence-corrected chi connectivity index (χ2v) is 7.26. The highest BCUT2D eigenvalue weighted by atomic mass is 16.3. The van der Waals surface area contributed by atoms with Crippen molar-refractivity contribution in [2.75, 3.05) is 5.32 Å². The van der Waals surface area contributed by atoms with Crippen molar-refractivity contribution >= 4 is 17.7 Å². The maximum atomic E-state index is 12.3. The minimum Gasteiger partial charge on any atom is -0.506 e. The van der Waals surface area contributed by atoms with Crippen molar-refractivity contribution < 1.29 is 9.90 Å². The van der Waals surface area contributed by atoms with Crippen LogP contribution in [-0.2, 0) is 4.79 Å². The first-order valence-electron chi connectivity index (χ1n) is 9.99. The molecule has 31 heavy (non-hydrogen) atoms. The van der Waals surface area contributed by atoms with Gasteiger partial charge in [-0.15, -0.1) is 0 Å². The van der Waals surface area contributed by atoms with Crippen molar-refractivity contribution in [3.05, 3.63) is 108 Å². The molecule has 0 radical (unpaired) electrons. The summed E-state index contributed by atoms with van der Waals surface area (Å²) in [6.45, 7) is 2.07. The normalized spacial score (nSPS) is 10.9. The predicted molar refractivity (Wildman–Crippen MR) is 126 cm³/mol. The maximum Gasteiger partial charge on any atom is 0.248 e. The molecule has 4 nitrogen and oxygen atoms in total. The van der Waals surface area contributed by atoms with E-state index in [-0.39, 0.29) is 11.7 Å². The van der Waals surface area contributed by atoms with E-state index in [1.54, 1.807) is 36.5 Å². The number of rotatable bonds is 5. The molecule has 1 aromatic heterocycles. The first-order chi connectivity index (χ1) is 15.1. The Labute approximate surface area is 181 Å². The number of amides is 1. The van der Waals surface area contributed by atoms with Gasteiger partial charge < -0.3 is 10.4 Å². The van der Waals surface area contributed by atoms with Crippen LogP contribution in [0.15, 0.2) is 97.2 Å². The van der Waals surface area contributed by atoms with E-state index in [2.05, 4.69) is 53.6 Å². The summed E-state index contributed by atoms with van der Waals surface area (Å²) in [4.78, 5) is 16.5. The highest BCUT2D eigenvalue weighted by Crippen LogP contribution is 2.27. The molecule has 3 aromatic carbocycles. The topological polar surface area (TPSA) is 62.2 Å². The van der Waals surface area contributed by atoms with Gasteiger partial charge in [-0.3, -0.25) is 9.78 Å². The zero-order valence-corrected chi connectivity index (χ0v) is 17.1. The molecule has 0 aliphatic carbocycles. The Morgan fingerprint density at radius 2 is 1.61 bits per heavy atom. The molecular formula is C27H22N2O2. The van der Waals surface area contributed by atoms with Crippen LogP contribution in [0.2, 0.25) is 0 Å². The van der Waals surface area contributed by atoms with Crippen molar-refractivity contribution in [2.24, 2.45) is 0 Å². The average molecular weight is 406 g/mol. The standard InChI is InChI=1S/C27H22N2O2/c1-19-7-10-21(11-8-19)23-5-2-4-20(18-23)9-16-26(31)29-24-14-12-22(13-15-24)27-25(30)6-3-17-28-27/h2-18,30H,1H3,(H,29,31)/b16-9+. The summed E-state index contributed by atoms with van der Waals surface area (Å²) in [6, 6.07) is 26.9. The van der Waals surface area contributed by atoms with Crippen molar-refractivity contribution in [1.29, 1.82) is 0 Å². The van der Waals surface area contributed by atoms with Gasteiger partial charge in [-0.1, -0.05) is 60.2 Å². The molecule has 4 aromatic rings. The van der Waals surface area contributed by atoms with Gasteiger partial charge in [0.25, 0.3) is 0 Å². The number of aromatic hydroxyl groups is 1. The number of nitrogens with one attached hydrogen (secondary N) is 1. The van der Waals surface area contributed by atoms with Gasteiger partial charge in [0.05, 0.1) is 0 Å². The van der Waals surface area contributed by atoms with Gasteiger partial charge >= 0.3 is 0 Å². The summed E-state index contributed by atoms with van der Waals surface area (Å²) in [5, 5.41) is 12.8. The smallest absolute Gasteiger partial charge is 0.248 e. The molecule has 0 atom stereocenters. The number of aryl methyl sites for hydroxylation is 1. The molecule has 0 aliphatic rings. The summed E-state index contributed by atoms with van der Waals surface area (Å²) in [7, 11) is 0. The number of carbonyl (C=O) groups excluding carboxylic acids is 1. The highest BCUT2D eigenvalue weighted by molar-refractivity contribution is 6.02. The van der Waals surface area contributed by atoms with Gasteiger partial charge in [-0.05, 0) is 60.0 Å². The number of nitrogens with zero attached hydrogens (tertiary/aromatic N) is 1. The van der Waals surface area contributed by atoms with E-state index < -0.39 is 0 Å². The zero-order chi connectivity index (χ0) is 21.6. The Kier molecular flexibility index (Phi) is 5.90. The molecule has 0 spiro atoms. The SMILES string of the molecule is Cc1ccc(-c2cccc(/C=C/C(=O)Nc3ccc(-c4ncccc4O)cc3)c2)cc1. The second kappa shape index (κ2) is 9.09. The Morgan fingerprint density at radius 3 is 2.35 bits per heavy atom. The van der Waals surface area contributed by atoms with Crippen molar-refractivity contribution in [3.8, 4) is 28.1 Å². The number of hydrogen-bond donors (Lipinski definition) is 2. The molecule has 0 aliphatic heterocycles. The van der Waals surface area contributed by atoms with E-state index in [9.17, 15) is 9.90 Å². The Balaban J connectivity index is 1.42. The molecule has 152 valence electrons. The van der Waals surface area contributed by atoms with Gasteiger partial charge in [0.15, 0.2) is 0 Å². The number of hydrogen-bond acceptors (Lipinski definition) is 3. The lowest BCUT2D eigenvalue weighted by Gasteiger charge is -2.06. The lowest BCUT2D eigenvalue weighted by atomic mass is 10.0. The Morgan fingerprint density at radius 1 is 0.871 bits per heavy atom. The van der Waals surface area contributed by atoms with Crippen molar-refractivity contribution in [2.45, 2.75) is 6.92 Å². The van der Waals surface area contributed by atoms with Crippen LogP contribution in [0.1, 0.15) is 11.1 Å². The summed E-state index contributed by atoms with van der Waals surface area (Å²) >= 11 is 0. The van der Waals surface area contributed by atoms with Crippen LogP contribution in [0.3, 0.4) is 0 Å². The van der Waals surface area contributed by atoms with Crippen LogP contribution in [0, 0.1) is 6.92 Å². The molecule has 4 rings (SSSR count). The minimum atomic E-state index is -0.214. The first kappa shape index (κ1) is 20.1. The van der Waals surface area contributed by atoms with E-state index in [4.69, 9.17) is 0 Å². The summed E-state index contributed by atoms with van der Waals surface area (Å²) < 4.78 is 0. The van der Waals surface area contributed by atoms with Gasteiger partial charge in [0.1, 0.15) is 11.4 Å². The van der Waals surface area contributed by atoms with Crippen LogP contribution >= 0.6 is 0 Å². The summed E-state index contributed by atoms with van der Waals surface area (Å²) in [5.74, 6) is -0.0933. The third kappa shape index (κ3) is 5.06. The molecule has 0 saturated heterocycles. The quantitative estimate of drug-likeness (QED) is 0.395. The van der Waals surface area contributed by atoms with Gasteiger partial charge in [0.2, 0.25) is 5.91 Å². The lowest BCUT2D eigenvalue weighted by Crippen LogP contribution is -2.07. The molecule has 2 N–H and O–H groups in total. The summed E-state index contributed by atoms with van der Waals surface area (Å²) in [6.07, 6.45) is 4.95. The van der Waals surface area contributed by atoms with Crippen molar-refractivity contribution in [3.63, 3.8) is 0 Å². The molecule has 0 saturated carbocycles. The first-order valence-corrected chi connectivity index (χ1v) is 9.99. The molecular weight excluding hydrogens is 384 g/mol. The molecule has 1 heterocycles. The van der Waals surface area contributed by atoms with E-state index in [0.29, 0.717) is 11.4 Å². The third-order valence-corrected chi connectivity index (χ3v) is 4.91. The van der Waals surface area contributed by atoms with E-state index in [1.807, 2.05) is 24.3 Å². The van der Waals surface area contributed by atoms with Crippen LogP contribution < -0.4 is 5.32 Å². The van der Waals surface area contributed by atoms with Crippen LogP contribution in [0.4, 0.5) is 5.69 Å². The molecule has 0 bridgehead atoms. The Hall–Kier alpha value is -4.18. The van der Waals surface area contributed by atoms with Gasteiger partial charge in [-0.2, -0.15) is 0 Å². The van der Waals surface area contributed by atoms with Gasteiger partial charge in [-0.25, -0.2) is 0 Å². The number of carbonyl (C=O) groups is 1. The van der Waals surface area contributed by atoms with Crippen LogP contribution in [-0.4, -0.2) is 16.0 Å². The molecule has 1 amide bonds. The fourth-order valence-corrected chi connectivity index (χ4v) is 3.25. The number of aromatic nitrogens is 1. The molecule has 0 unspecified atom stereocenters. The second-order valence-electron chi connectivity index (χ2n) is 7.26. The third-order valence-electron chi connectivity index (χ3n) is 4.91. The number of anilines is 1. The Bertz CT molecular complexity index is 1230. The lowest BCUT2D eigenvalue weighted by molar-refractivity contribution is -0.111. The van der Waals surface area contributed by atoms with Crippen LogP contribution in [0.5, 0.6) is 5.75 Å². The van der Waals surface area contributed by atoms with E-state index >= 15 is 0 Å². The average Bonchev–Trinajstić information content (AvgIpc) is 2.79. The predicted octanol–water partition coefficient (Wildman–Crippen LogP) is 6.08. The minimum absolute atomic E-state index is 0.120. The number of benzene rings is 3. The fraction of sp³-hybridized carbons (Fsp3) is 0.0370. The molecule has 0 fully saturated rings. The van der Waals surface area contributed by atoms with Crippen molar-refractivity contribution in [1.82, 2.24) is 4.98 Å². The summed E-state index contributed by atoms with van der Waals surface area (Å²) in [5.41, 5.74) is 6.38. The fourth-order valence-electron chi connectivity index (χ4n) is 3.25. The highest BCUT2D eigenvalue weighted by Gasteiger charge is 2.05. The van der Waals surface area contributed by atoms with Crippen LogP contribution in [0.25, 0.3) is 28.5 Å². The van der Waals surface area contributed by atoms with E-state index in [0.717, 1.165) is 22.3 Å². The monoisotopic (exact) mass is 406 g/mol. The maximum absolute atomic E-state index is 12.3. The largest absolute Gasteiger partial charge is 0.506 e. The zero-order valence-electron chi connectivity index (χ0n) is 17.1.